The second-order valence-electron chi connectivity index (χ2n) is 4.75. The fourth-order valence-corrected chi connectivity index (χ4v) is 2.83. The van der Waals surface area contributed by atoms with Gasteiger partial charge in [-0.1, -0.05) is 12.8 Å². The van der Waals surface area contributed by atoms with E-state index in [1.807, 2.05) is 0 Å². The molecule has 1 saturated heterocycles. The number of nitrogens with zero attached hydrogens (tertiary/aromatic N) is 1. The zero-order chi connectivity index (χ0) is 9.31. The van der Waals surface area contributed by atoms with E-state index in [4.69, 9.17) is 0 Å². The predicted octanol–water partition coefficient (Wildman–Crippen LogP) is 1.61. The average Bonchev–Trinajstić information content (AvgIpc) is 2.90. The Morgan fingerprint density at radius 1 is 1.23 bits per heavy atom. The summed E-state index contributed by atoms with van der Waals surface area (Å²) in [5, 5.41) is 3.54. The molecule has 2 fully saturated rings. The first kappa shape index (κ1) is 9.47. The van der Waals surface area contributed by atoms with Crippen LogP contribution in [0.25, 0.3) is 0 Å². The van der Waals surface area contributed by atoms with Crippen LogP contribution in [0, 0.1) is 0 Å². The molecular weight excluding hydrogens is 160 g/mol. The molecule has 2 rings (SSSR count). The smallest absolute Gasteiger partial charge is 0.0336 e. The molecule has 1 heterocycles. The van der Waals surface area contributed by atoms with Gasteiger partial charge in [-0.05, 0) is 46.3 Å². The molecule has 1 aliphatic carbocycles. The van der Waals surface area contributed by atoms with Crippen molar-refractivity contribution in [1.29, 1.82) is 0 Å². The van der Waals surface area contributed by atoms with Gasteiger partial charge in [-0.2, -0.15) is 0 Å². The third-order valence-electron chi connectivity index (χ3n) is 3.94. The number of hydrogen-bond donors (Lipinski definition) is 1. The molecule has 1 unspecified atom stereocenters. The Morgan fingerprint density at radius 2 is 2.00 bits per heavy atom. The maximum absolute atomic E-state index is 3.54. The number of likely N-dealkylation sites (N-methyl/N-ethyl adjacent to an activating group) is 2. The third kappa shape index (κ3) is 1.75. The second-order valence-corrected chi connectivity index (χ2v) is 4.75. The van der Waals surface area contributed by atoms with Gasteiger partial charge in [-0.15, -0.1) is 0 Å². The Balaban J connectivity index is 2.02. The maximum atomic E-state index is 3.54. The summed E-state index contributed by atoms with van der Waals surface area (Å²) in [6.45, 7) is 1.30. The molecule has 0 spiro atoms. The predicted molar refractivity (Wildman–Crippen MR) is 55.9 cm³/mol. The van der Waals surface area contributed by atoms with Gasteiger partial charge in [0.15, 0.2) is 0 Å². The van der Waals surface area contributed by atoms with Crippen LogP contribution < -0.4 is 5.32 Å². The minimum atomic E-state index is 0.499. The van der Waals surface area contributed by atoms with E-state index in [9.17, 15) is 0 Å². The topological polar surface area (TPSA) is 15.3 Å². The van der Waals surface area contributed by atoms with Gasteiger partial charge >= 0.3 is 0 Å². The van der Waals surface area contributed by atoms with Gasteiger partial charge in [0.25, 0.3) is 0 Å². The standard InChI is InChI=1S/C11H22N2/c1-12-11(7-8-11)10-6-4-3-5-9-13(10)2/h10,12H,3-9H2,1-2H3. The number of nitrogens with one attached hydrogen (secondary N) is 1. The molecule has 0 aromatic heterocycles. The lowest BCUT2D eigenvalue weighted by atomic mass is 10.00. The van der Waals surface area contributed by atoms with E-state index >= 15 is 0 Å². The molecule has 1 aliphatic heterocycles. The van der Waals surface area contributed by atoms with Crippen LogP contribution in [0.2, 0.25) is 0 Å². The fraction of sp³-hybridized carbons (Fsp3) is 1.00. The molecular formula is C11H22N2. The lowest BCUT2D eigenvalue weighted by molar-refractivity contribution is 0.186. The molecule has 1 saturated carbocycles. The summed E-state index contributed by atoms with van der Waals surface area (Å²) in [4.78, 5) is 2.58. The molecule has 0 amide bonds. The molecule has 2 heteroatoms. The van der Waals surface area contributed by atoms with Crippen molar-refractivity contribution in [2.75, 3.05) is 20.6 Å². The highest BCUT2D eigenvalue weighted by Gasteiger charge is 2.49. The van der Waals surface area contributed by atoms with E-state index in [-0.39, 0.29) is 0 Å². The van der Waals surface area contributed by atoms with Crippen LogP contribution in [-0.2, 0) is 0 Å². The zero-order valence-corrected chi connectivity index (χ0v) is 8.97. The molecule has 76 valence electrons. The average molecular weight is 182 g/mol. The van der Waals surface area contributed by atoms with Crippen LogP contribution >= 0.6 is 0 Å². The Hall–Kier alpha value is -0.0800. The van der Waals surface area contributed by atoms with Crippen molar-refractivity contribution in [2.24, 2.45) is 0 Å². The van der Waals surface area contributed by atoms with Crippen molar-refractivity contribution < 1.29 is 0 Å². The fourth-order valence-electron chi connectivity index (χ4n) is 2.83. The van der Waals surface area contributed by atoms with Gasteiger partial charge in [0.1, 0.15) is 0 Å². The largest absolute Gasteiger partial charge is 0.313 e. The number of hydrogen-bond acceptors (Lipinski definition) is 2. The van der Waals surface area contributed by atoms with E-state index in [0.29, 0.717) is 5.54 Å². The molecule has 1 N–H and O–H groups in total. The van der Waals surface area contributed by atoms with Crippen LogP contribution in [-0.4, -0.2) is 37.1 Å². The number of likely N-dealkylation sites (tertiary alicyclic amines) is 1. The third-order valence-corrected chi connectivity index (χ3v) is 3.94. The molecule has 13 heavy (non-hydrogen) atoms. The van der Waals surface area contributed by atoms with Crippen LogP contribution in [0.5, 0.6) is 0 Å². The second kappa shape index (κ2) is 3.58. The minimum absolute atomic E-state index is 0.499. The highest BCUT2D eigenvalue weighted by molar-refractivity contribution is 5.10. The lowest BCUT2D eigenvalue weighted by Gasteiger charge is -2.33. The van der Waals surface area contributed by atoms with E-state index in [2.05, 4.69) is 24.3 Å². The molecule has 1 atom stereocenters. The zero-order valence-electron chi connectivity index (χ0n) is 8.97. The summed E-state index contributed by atoms with van der Waals surface area (Å²) in [7, 11) is 4.43. The van der Waals surface area contributed by atoms with E-state index in [0.717, 1.165) is 6.04 Å². The summed E-state index contributed by atoms with van der Waals surface area (Å²) in [5.41, 5.74) is 0.499. The summed E-state index contributed by atoms with van der Waals surface area (Å²) >= 11 is 0. The van der Waals surface area contributed by atoms with Gasteiger partial charge in [-0.25, -0.2) is 0 Å². The van der Waals surface area contributed by atoms with Crippen molar-refractivity contribution >= 4 is 0 Å². The highest BCUT2D eigenvalue weighted by Crippen LogP contribution is 2.42. The summed E-state index contributed by atoms with van der Waals surface area (Å²) in [6, 6.07) is 0.806. The van der Waals surface area contributed by atoms with Crippen LogP contribution in [0.3, 0.4) is 0 Å². The van der Waals surface area contributed by atoms with Crippen molar-refractivity contribution in [1.82, 2.24) is 10.2 Å². The first-order valence-electron chi connectivity index (χ1n) is 5.68. The summed E-state index contributed by atoms with van der Waals surface area (Å²) in [6.07, 6.45) is 8.43. The Morgan fingerprint density at radius 3 is 2.62 bits per heavy atom. The first-order valence-corrected chi connectivity index (χ1v) is 5.68. The first-order chi connectivity index (χ1) is 6.28. The van der Waals surface area contributed by atoms with E-state index in [1.54, 1.807) is 0 Å². The normalized spacial score (nSPS) is 34.2. The Bertz CT molecular complexity index is 175. The molecule has 0 aromatic rings. The van der Waals surface area contributed by atoms with Crippen molar-refractivity contribution in [2.45, 2.75) is 50.1 Å². The van der Waals surface area contributed by atoms with Crippen molar-refractivity contribution in [3.8, 4) is 0 Å². The van der Waals surface area contributed by atoms with Gasteiger partial charge in [0.2, 0.25) is 0 Å². The van der Waals surface area contributed by atoms with Gasteiger partial charge in [-0.3, -0.25) is 0 Å². The van der Waals surface area contributed by atoms with Crippen LogP contribution in [0.4, 0.5) is 0 Å². The highest BCUT2D eigenvalue weighted by atomic mass is 15.2. The van der Waals surface area contributed by atoms with Gasteiger partial charge in [0.05, 0.1) is 0 Å². The van der Waals surface area contributed by atoms with E-state index < -0.39 is 0 Å². The van der Waals surface area contributed by atoms with E-state index in [1.165, 1.54) is 45.1 Å². The van der Waals surface area contributed by atoms with Gasteiger partial charge in [0, 0.05) is 11.6 Å². The van der Waals surface area contributed by atoms with Crippen LogP contribution in [0.15, 0.2) is 0 Å². The Labute approximate surface area is 81.7 Å². The summed E-state index contributed by atoms with van der Waals surface area (Å²) in [5.74, 6) is 0. The molecule has 2 nitrogen and oxygen atoms in total. The van der Waals surface area contributed by atoms with Crippen molar-refractivity contribution in [3.63, 3.8) is 0 Å². The van der Waals surface area contributed by atoms with Crippen molar-refractivity contribution in [3.05, 3.63) is 0 Å². The molecule has 0 bridgehead atoms. The number of rotatable bonds is 2. The lowest BCUT2D eigenvalue weighted by Crippen LogP contribution is -2.49. The monoisotopic (exact) mass is 182 g/mol. The molecule has 2 aliphatic rings. The molecule has 0 radical (unpaired) electrons. The quantitative estimate of drug-likeness (QED) is 0.698. The van der Waals surface area contributed by atoms with Crippen LogP contribution in [0.1, 0.15) is 38.5 Å². The maximum Gasteiger partial charge on any atom is 0.0336 e. The Kier molecular flexibility index (Phi) is 2.61. The minimum Gasteiger partial charge on any atom is -0.313 e. The molecule has 0 aromatic carbocycles. The summed E-state index contributed by atoms with van der Waals surface area (Å²) < 4.78 is 0. The van der Waals surface area contributed by atoms with Gasteiger partial charge < -0.3 is 10.2 Å². The SMILES string of the molecule is CNC1(C2CCCCCN2C)CC1.